The predicted molar refractivity (Wildman–Crippen MR) is 142 cm³/mol. The Kier molecular flexibility index (Phi) is 9.17. The van der Waals surface area contributed by atoms with Gasteiger partial charge in [-0.1, -0.05) is 60.7 Å². The Morgan fingerprint density at radius 3 is 2.56 bits per heavy atom. The van der Waals surface area contributed by atoms with E-state index in [1.165, 1.54) is 5.56 Å². The number of ether oxygens (including phenoxy) is 1. The number of para-hydroxylation sites is 1. The number of amides is 2. The molecular weight excluding hydrogens is 450 g/mol. The number of carbonyl (C=O) groups excluding carboxylic acids is 2. The standard InChI is InChI=1S/C30H39N3O3/c1-3-32(4-2)29(34)19-25-16-17-33-22-26(25)14-10-18-36-28-15-9-8-13-27(28)21-31(23-30(33)35)20-24-11-6-5-7-12-24/h5-15,25-26H,3-4,16-23H2,1-2H3/b14-10+/t25-,26-/m0/s1. The average Bonchev–Trinajstić information content (AvgIpc) is 2.89. The Morgan fingerprint density at radius 1 is 1.03 bits per heavy atom. The van der Waals surface area contributed by atoms with E-state index < -0.39 is 0 Å². The zero-order valence-electron chi connectivity index (χ0n) is 21.6. The lowest BCUT2D eigenvalue weighted by atomic mass is 9.82. The maximum absolute atomic E-state index is 13.5. The highest BCUT2D eigenvalue weighted by atomic mass is 16.5. The third-order valence-corrected chi connectivity index (χ3v) is 7.40. The molecule has 2 aliphatic rings. The van der Waals surface area contributed by atoms with Crippen LogP contribution in [0.25, 0.3) is 0 Å². The van der Waals surface area contributed by atoms with E-state index in [-0.39, 0.29) is 23.7 Å². The van der Waals surface area contributed by atoms with Crippen molar-refractivity contribution >= 4 is 11.8 Å². The van der Waals surface area contributed by atoms with Gasteiger partial charge in [0.1, 0.15) is 12.4 Å². The van der Waals surface area contributed by atoms with Gasteiger partial charge in [-0.25, -0.2) is 0 Å². The molecule has 1 fully saturated rings. The summed E-state index contributed by atoms with van der Waals surface area (Å²) in [5, 5.41) is 0. The molecule has 0 spiro atoms. The minimum Gasteiger partial charge on any atom is -0.489 e. The highest BCUT2D eigenvalue weighted by molar-refractivity contribution is 5.79. The van der Waals surface area contributed by atoms with Crippen LogP contribution in [0.3, 0.4) is 0 Å². The summed E-state index contributed by atoms with van der Waals surface area (Å²) in [7, 11) is 0. The van der Waals surface area contributed by atoms with Gasteiger partial charge in [-0.15, -0.1) is 0 Å². The van der Waals surface area contributed by atoms with Gasteiger partial charge >= 0.3 is 0 Å². The molecule has 6 heteroatoms. The largest absolute Gasteiger partial charge is 0.489 e. The second-order valence-electron chi connectivity index (χ2n) is 9.80. The van der Waals surface area contributed by atoms with Crippen LogP contribution in [0, 0.1) is 11.8 Å². The summed E-state index contributed by atoms with van der Waals surface area (Å²) in [5.41, 5.74) is 2.26. The van der Waals surface area contributed by atoms with Crippen LogP contribution in [-0.4, -0.2) is 65.8 Å². The Morgan fingerprint density at radius 2 is 1.78 bits per heavy atom. The molecule has 2 atom stereocenters. The number of hydrogen-bond acceptors (Lipinski definition) is 4. The second-order valence-corrected chi connectivity index (χ2v) is 9.80. The summed E-state index contributed by atoms with van der Waals surface area (Å²) in [6.45, 7) is 9.02. The van der Waals surface area contributed by atoms with Gasteiger partial charge in [0.05, 0.1) is 6.54 Å². The summed E-state index contributed by atoms with van der Waals surface area (Å²) in [6, 6.07) is 18.4. The van der Waals surface area contributed by atoms with Crippen molar-refractivity contribution in [2.45, 2.75) is 39.8 Å². The quantitative estimate of drug-likeness (QED) is 0.566. The highest BCUT2D eigenvalue weighted by Crippen LogP contribution is 2.29. The van der Waals surface area contributed by atoms with E-state index in [0.29, 0.717) is 45.8 Å². The number of hydrogen-bond donors (Lipinski definition) is 0. The van der Waals surface area contributed by atoms with E-state index in [9.17, 15) is 9.59 Å². The summed E-state index contributed by atoms with van der Waals surface area (Å²) in [6.07, 6.45) is 5.60. The Balaban J connectivity index is 1.56. The number of rotatable bonds is 6. The summed E-state index contributed by atoms with van der Waals surface area (Å²) < 4.78 is 6.17. The summed E-state index contributed by atoms with van der Waals surface area (Å²) >= 11 is 0. The van der Waals surface area contributed by atoms with Gasteiger partial charge in [-0.2, -0.15) is 0 Å². The Bertz CT molecular complexity index is 1030. The van der Waals surface area contributed by atoms with Crippen LogP contribution >= 0.6 is 0 Å². The van der Waals surface area contributed by atoms with Gasteiger partial charge in [0, 0.05) is 51.3 Å². The van der Waals surface area contributed by atoms with Crippen molar-refractivity contribution in [3.63, 3.8) is 0 Å². The molecule has 4 rings (SSSR count). The molecule has 36 heavy (non-hydrogen) atoms. The van der Waals surface area contributed by atoms with Crippen molar-refractivity contribution in [3.8, 4) is 5.75 Å². The second kappa shape index (κ2) is 12.7. The summed E-state index contributed by atoms with van der Waals surface area (Å²) in [5.74, 6) is 1.58. The van der Waals surface area contributed by atoms with E-state index in [4.69, 9.17) is 4.74 Å². The van der Waals surface area contributed by atoms with E-state index in [2.05, 4.69) is 35.3 Å². The molecule has 2 amide bonds. The third-order valence-electron chi connectivity index (χ3n) is 7.40. The molecule has 2 aromatic carbocycles. The first kappa shape index (κ1) is 26.0. The molecule has 2 aliphatic heterocycles. The normalized spacial score (nSPS) is 21.8. The average molecular weight is 490 g/mol. The van der Waals surface area contributed by atoms with Crippen LogP contribution < -0.4 is 4.74 Å². The number of carbonyl (C=O) groups is 2. The van der Waals surface area contributed by atoms with Gasteiger partial charge < -0.3 is 14.5 Å². The molecule has 6 nitrogen and oxygen atoms in total. The van der Waals surface area contributed by atoms with Gasteiger partial charge in [0.2, 0.25) is 11.8 Å². The maximum Gasteiger partial charge on any atom is 0.236 e. The highest BCUT2D eigenvalue weighted by Gasteiger charge is 2.32. The van der Waals surface area contributed by atoms with Crippen molar-refractivity contribution in [2.75, 3.05) is 39.3 Å². The summed E-state index contributed by atoms with van der Waals surface area (Å²) in [4.78, 5) is 32.5. The van der Waals surface area contributed by atoms with Crippen LogP contribution in [0.5, 0.6) is 5.75 Å². The fourth-order valence-electron chi connectivity index (χ4n) is 5.34. The van der Waals surface area contributed by atoms with E-state index >= 15 is 0 Å². The van der Waals surface area contributed by atoms with E-state index in [1.54, 1.807) is 0 Å². The van der Waals surface area contributed by atoms with Crippen molar-refractivity contribution in [3.05, 3.63) is 77.9 Å². The Hall–Kier alpha value is -3.12. The lowest BCUT2D eigenvalue weighted by molar-refractivity contribution is -0.136. The number of piperidine rings is 1. The smallest absolute Gasteiger partial charge is 0.236 e. The lowest BCUT2D eigenvalue weighted by Gasteiger charge is -2.38. The van der Waals surface area contributed by atoms with E-state index in [1.807, 2.05) is 60.0 Å². The molecule has 0 unspecified atom stereocenters. The first-order chi connectivity index (χ1) is 17.6. The minimum absolute atomic E-state index is 0.143. The fraction of sp³-hybridized carbons (Fsp3) is 0.467. The van der Waals surface area contributed by atoms with Gasteiger partial charge in [0.15, 0.2) is 0 Å². The topological polar surface area (TPSA) is 53.1 Å². The van der Waals surface area contributed by atoms with Crippen LogP contribution in [0.2, 0.25) is 0 Å². The molecular formula is C30H39N3O3. The first-order valence-electron chi connectivity index (χ1n) is 13.3. The first-order valence-corrected chi connectivity index (χ1v) is 13.3. The molecule has 0 N–H and O–H groups in total. The molecule has 0 aliphatic carbocycles. The molecule has 2 bridgehead atoms. The molecule has 2 heterocycles. The van der Waals surface area contributed by atoms with Crippen LogP contribution in [0.4, 0.5) is 0 Å². The van der Waals surface area contributed by atoms with E-state index in [0.717, 1.165) is 30.8 Å². The molecule has 192 valence electrons. The van der Waals surface area contributed by atoms with Gasteiger partial charge in [-0.3, -0.25) is 14.5 Å². The molecule has 0 radical (unpaired) electrons. The molecule has 0 saturated carbocycles. The van der Waals surface area contributed by atoms with Crippen molar-refractivity contribution < 1.29 is 14.3 Å². The van der Waals surface area contributed by atoms with Crippen LogP contribution in [0.1, 0.15) is 37.8 Å². The zero-order chi connectivity index (χ0) is 25.3. The van der Waals surface area contributed by atoms with Crippen LogP contribution in [0.15, 0.2) is 66.7 Å². The zero-order valence-corrected chi connectivity index (χ0v) is 21.6. The number of benzene rings is 2. The van der Waals surface area contributed by atoms with Gasteiger partial charge in [0.25, 0.3) is 0 Å². The molecule has 0 aromatic heterocycles. The van der Waals surface area contributed by atoms with Crippen LogP contribution in [-0.2, 0) is 22.7 Å². The van der Waals surface area contributed by atoms with Crippen molar-refractivity contribution in [1.82, 2.24) is 14.7 Å². The third kappa shape index (κ3) is 6.76. The Labute approximate surface area is 215 Å². The monoisotopic (exact) mass is 489 g/mol. The van der Waals surface area contributed by atoms with Crippen molar-refractivity contribution in [2.24, 2.45) is 11.8 Å². The lowest BCUT2D eigenvalue weighted by Crippen LogP contribution is -2.48. The predicted octanol–water partition coefficient (Wildman–Crippen LogP) is 4.36. The maximum atomic E-state index is 13.5. The molecule has 1 saturated heterocycles. The fourth-order valence-corrected chi connectivity index (χ4v) is 5.34. The molecule has 2 aromatic rings. The minimum atomic E-state index is 0.143. The number of fused-ring (bicyclic) bond motifs is 3. The number of nitrogens with zero attached hydrogens (tertiary/aromatic N) is 3. The SMILES string of the molecule is CCN(CC)C(=O)C[C@@H]1CCN2C[C@@H]1/C=C/COc1ccccc1CN(Cc1ccccc1)CC2=O. The van der Waals surface area contributed by atoms with Crippen molar-refractivity contribution in [1.29, 1.82) is 0 Å². The van der Waals surface area contributed by atoms with Gasteiger partial charge in [-0.05, 0) is 43.7 Å².